The van der Waals surface area contributed by atoms with Gasteiger partial charge in [-0.3, -0.25) is 4.79 Å². The molecule has 3 aromatic rings. The monoisotopic (exact) mass is 363 g/mol. The van der Waals surface area contributed by atoms with Crippen LogP contribution in [0.1, 0.15) is 40.0 Å². The van der Waals surface area contributed by atoms with Gasteiger partial charge in [0.05, 0.1) is 11.9 Å². The smallest absolute Gasteiger partial charge is 0.257 e. The number of amides is 1. The van der Waals surface area contributed by atoms with Crippen molar-refractivity contribution < 1.29 is 4.79 Å². The number of nitrogens with zero attached hydrogens (tertiary/aromatic N) is 4. The van der Waals surface area contributed by atoms with Gasteiger partial charge in [0, 0.05) is 19.8 Å². The van der Waals surface area contributed by atoms with Crippen molar-refractivity contribution in [1.82, 2.24) is 24.9 Å². The van der Waals surface area contributed by atoms with Crippen molar-refractivity contribution in [3.8, 4) is 5.82 Å². The molecule has 0 bridgehead atoms. The molecular weight excluding hydrogens is 338 g/mol. The zero-order valence-electron chi connectivity index (χ0n) is 16.1. The fourth-order valence-corrected chi connectivity index (χ4v) is 3.68. The number of carbonyl (C=O) groups is 1. The number of aromatic nitrogens is 4. The fourth-order valence-electron chi connectivity index (χ4n) is 3.68. The SMILES string of the molecule is Cc1cnn(-c2c(C(=O)NCC3(Cc4ccccc4)CC3)c(C)nn2C)c1. The predicted molar refractivity (Wildman–Crippen MR) is 104 cm³/mol. The normalized spacial score (nSPS) is 14.9. The number of nitrogens with one attached hydrogen (secondary N) is 1. The Kier molecular flexibility index (Phi) is 4.34. The van der Waals surface area contributed by atoms with Crippen molar-refractivity contribution >= 4 is 5.91 Å². The second kappa shape index (κ2) is 6.68. The summed E-state index contributed by atoms with van der Waals surface area (Å²) in [6, 6.07) is 10.5. The van der Waals surface area contributed by atoms with Gasteiger partial charge in [0.15, 0.2) is 5.82 Å². The lowest BCUT2D eigenvalue weighted by atomic mass is 9.96. The standard InChI is InChI=1S/C21H25N5O/c1-15-12-23-26(13-15)20-18(16(2)24-25(20)3)19(27)22-14-21(9-10-21)11-17-7-5-4-6-8-17/h4-8,12-13H,9-11,14H2,1-3H3,(H,22,27). The van der Waals surface area contributed by atoms with Gasteiger partial charge in [0.25, 0.3) is 5.91 Å². The molecule has 0 unspecified atom stereocenters. The molecule has 6 heteroatoms. The minimum atomic E-state index is -0.0805. The molecule has 27 heavy (non-hydrogen) atoms. The molecule has 1 saturated carbocycles. The molecule has 1 fully saturated rings. The van der Waals surface area contributed by atoms with E-state index in [4.69, 9.17) is 0 Å². The van der Waals surface area contributed by atoms with Crippen molar-refractivity contribution in [3.05, 3.63) is 65.1 Å². The summed E-state index contributed by atoms with van der Waals surface area (Å²) in [6.07, 6.45) is 7.00. The third-order valence-corrected chi connectivity index (χ3v) is 5.35. The minimum Gasteiger partial charge on any atom is -0.351 e. The fraction of sp³-hybridized carbons (Fsp3) is 0.381. The van der Waals surface area contributed by atoms with Crippen LogP contribution in [0.5, 0.6) is 0 Å². The third kappa shape index (κ3) is 3.52. The highest BCUT2D eigenvalue weighted by molar-refractivity contribution is 5.98. The quantitative estimate of drug-likeness (QED) is 0.732. The van der Waals surface area contributed by atoms with Crippen molar-refractivity contribution in [2.24, 2.45) is 12.5 Å². The van der Waals surface area contributed by atoms with Gasteiger partial charge in [-0.05, 0) is 49.7 Å². The molecule has 0 radical (unpaired) electrons. The van der Waals surface area contributed by atoms with Gasteiger partial charge in [0.2, 0.25) is 0 Å². The molecule has 2 heterocycles. The van der Waals surface area contributed by atoms with Gasteiger partial charge < -0.3 is 5.32 Å². The molecule has 6 nitrogen and oxygen atoms in total. The summed E-state index contributed by atoms with van der Waals surface area (Å²) < 4.78 is 3.44. The summed E-state index contributed by atoms with van der Waals surface area (Å²) in [4.78, 5) is 13.0. The van der Waals surface area contributed by atoms with Crippen LogP contribution in [-0.4, -0.2) is 32.0 Å². The summed E-state index contributed by atoms with van der Waals surface area (Å²) >= 11 is 0. The summed E-state index contributed by atoms with van der Waals surface area (Å²) in [6.45, 7) is 4.53. The first-order chi connectivity index (χ1) is 13.0. The molecule has 0 spiro atoms. The van der Waals surface area contributed by atoms with Crippen LogP contribution in [0.15, 0.2) is 42.7 Å². The molecule has 0 aliphatic heterocycles. The Bertz CT molecular complexity index is 966. The van der Waals surface area contributed by atoms with Crippen LogP contribution in [0.4, 0.5) is 0 Å². The molecular formula is C21H25N5O. The predicted octanol–water partition coefficient (Wildman–Crippen LogP) is 2.98. The van der Waals surface area contributed by atoms with Crippen LogP contribution in [0, 0.1) is 19.3 Å². The largest absolute Gasteiger partial charge is 0.351 e. The van der Waals surface area contributed by atoms with Gasteiger partial charge in [-0.2, -0.15) is 10.2 Å². The van der Waals surface area contributed by atoms with Crippen LogP contribution in [0.3, 0.4) is 0 Å². The van der Waals surface area contributed by atoms with Crippen molar-refractivity contribution in [3.63, 3.8) is 0 Å². The van der Waals surface area contributed by atoms with E-state index in [0.717, 1.165) is 24.8 Å². The lowest BCUT2D eigenvalue weighted by molar-refractivity contribution is 0.0944. The van der Waals surface area contributed by atoms with E-state index in [9.17, 15) is 4.79 Å². The van der Waals surface area contributed by atoms with Crippen molar-refractivity contribution in [2.45, 2.75) is 33.1 Å². The Labute approximate surface area is 159 Å². The maximum absolute atomic E-state index is 13.0. The van der Waals surface area contributed by atoms with E-state index in [-0.39, 0.29) is 11.3 Å². The van der Waals surface area contributed by atoms with Crippen molar-refractivity contribution in [2.75, 3.05) is 6.54 Å². The average Bonchev–Trinajstić information content (AvgIpc) is 3.16. The number of carbonyl (C=O) groups excluding carboxylic acids is 1. The molecule has 2 aromatic heterocycles. The summed E-state index contributed by atoms with van der Waals surface area (Å²) in [7, 11) is 1.84. The van der Waals surface area contributed by atoms with E-state index in [2.05, 4.69) is 39.8 Å². The number of aryl methyl sites for hydroxylation is 3. The van der Waals surface area contributed by atoms with Crippen LogP contribution in [0.2, 0.25) is 0 Å². The molecule has 1 aromatic carbocycles. The summed E-state index contributed by atoms with van der Waals surface area (Å²) in [5, 5.41) is 12.0. The Morgan fingerprint density at radius 1 is 1.22 bits per heavy atom. The first-order valence-corrected chi connectivity index (χ1v) is 9.35. The molecule has 1 aliphatic rings. The van der Waals surface area contributed by atoms with E-state index in [1.807, 2.05) is 33.2 Å². The minimum absolute atomic E-state index is 0.0805. The summed E-state index contributed by atoms with van der Waals surface area (Å²) in [5.41, 5.74) is 3.87. The second-order valence-electron chi connectivity index (χ2n) is 7.71. The highest BCUT2D eigenvalue weighted by Gasteiger charge is 2.42. The maximum Gasteiger partial charge on any atom is 0.257 e. The number of hydrogen-bond donors (Lipinski definition) is 1. The first kappa shape index (κ1) is 17.5. The summed E-state index contributed by atoms with van der Waals surface area (Å²) in [5.74, 6) is 0.620. The Morgan fingerprint density at radius 2 is 1.96 bits per heavy atom. The highest BCUT2D eigenvalue weighted by atomic mass is 16.1. The van der Waals surface area contributed by atoms with Crippen LogP contribution >= 0.6 is 0 Å². The number of rotatable bonds is 6. The second-order valence-corrected chi connectivity index (χ2v) is 7.71. The molecule has 140 valence electrons. The topological polar surface area (TPSA) is 64.7 Å². The molecule has 0 atom stereocenters. The van der Waals surface area contributed by atoms with Crippen LogP contribution in [-0.2, 0) is 13.5 Å². The third-order valence-electron chi connectivity index (χ3n) is 5.35. The van der Waals surface area contributed by atoms with Crippen LogP contribution < -0.4 is 5.32 Å². The van der Waals surface area contributed by atoms with E-state index in [1.165, 1.54) is 5.56 Å². The van der Waals surface area contributed by atoms with Gasteiger partial charge in [-0.15, -0.1) is 0 Å². The van der Waals surface area contributed by atoms with Gasteiger partial charge in [-0.1, -0.05) is 30.3 Å². The molecule has 1 N–H and O–H groups in total. The molecule has 0 saturated heterocycles. The number of benzene rings is 1. The van der Waals surface area contributed by atoms with E-state index in [1.54, 1.807) is 15.6 Å². The lowest BCUT2D eigenvalue weighted by Gasteiger charge is -2.16. The van der Waals surface area contributed by atoms with E-state index in [0.29, 0.717) is 23.6 Å². The maximum atomic E-state index is 13.0. The molecule has 4 rings (SSSR count). The van der Waals surface area contributed by atoms with Gasteiger partial charge in [-0.25, -0.2) is 9.36 Å². The van der Waals surface area contributed by atoms with Crippen molar-refractivity contribution in [1.29, 1.82) is 0 Å². The zero-order valence-corrected chi connectivity index (χ0v) is 16.1. The Balaban J connectivity index is 1.51. The highest BCUT2D eigenvalue weighted by Crippen LogP contribution is 2.47. The van der Waals surface area contributed by atoms with Gasteiger partial charge >= 0.3 is 0 Å². The Hall–Kier alpha value is -2.89. The van der Waals surface area contributed by atoms with E-state index >= 15 is 0 Å². The molecule has 1 amide bonds. The average molecular weight is 363 g/mol. The van der Waals surface area contributed by atoms with Gasteiger partial charge in [0.1, 0.15) is 5.56 Å². The van der Waals surface area contributed by atoms with Crippen LogP contribution in [0.25, 0.3) is 5.82 Å². The van der Waals surface area contributed by atoms with E-state index < -0.39 is 0 Å². The first-order valence-electron chi connectivity index (χ1n) is 9.35. The Morgan fingerprint density at radius 3 is 2.59 bits per heavy atom. The lowest BCUT2D eigenvalue weighted by Crippen LogP contribution is -2.32. The zero-order chi connectivity index (χ0) is 19.0. The molecule has 1 aliphatic carbocycles. The number of hydrogen-bond acceptors (Lipinski definition) is 3.